The van der Waals surface area contributed by atoms with Gasteiger partial charge in [-0.05, 0) is 18.6 Å². The van der Waals surface area contributed by atoms with Crippen LogP contribution in [0.5, 0.6) is 17.2 Å². The molecule has 11 nitrogen and oxygen atoms in total. The standard InChI is InChI=1S/C22H26N6O5/c1-12-7-5-6-8-14(12)25-21(23)28-22-26-15(20(30)27-22)11-18(29)24-13-9-16(31-2)19(33-4)17(10-13)32-3/h5-10,15H,11H2,1-4H3,(H,24,29)(H4,23,25,26,27,28,30). The summed E-state index contributed by atoms with van der Waals surface area (Å²) in [4.78, 5) is 33.0. The van der Waals surface area contributed by atoms with Crippen LogP contribution in [0.15, 0.2) is 46.4 Å². The van der Waals surface area contributed by atoms with E-state index in [1.807, 2.05) is 31.2 Å². The number of carbonyl (C=O) groups is 2. The van der Waals surface area contributed by atoms with Crippen molar-refractivity contribution >= 4 is 35.1 Å². The fraction of sp³-hybridized carbons (Fsp3) is 0.273. The van der Waals surface area contributed by atoms with E-state index in [0.717, 1.165) is 11.3 Å². The fourth-order valence-corrected chi connectivity index (χ4v) is 3.16. The van der Waals surface area contributed by atoms with E-state index in [4.69, 9.17) is 19.9 Å². The average Bonchev–Trinajstić information content (AvgIpc) is 3.12. The summed E-state index contributed by atoms with van der Waals surface area (Å²) >= 11 is 0. The van der Waals surface area contributed by atoms with Gasteiger partial charge in [0.15, 0.2) is 11.5 Å². The van der Waals surface area contributed by atoms with E-state index in [9.17, 15) is 9.59 Å². The van der Waals surface area contributed by atoms with Gasteiger partial charge in [0.25, 0.3) is 5.91 Å². The number of nitrogens with zero attached hydrogens (tertiary/aromatic N) is 2. The number of anilines is 2. The molecule has 0 bridgehead atoms. The maximum Gasteiger partial charge on any atom is 0.252 e. The normalized spacial score (nSPS) is 15.4. The monoisotopic (exact) mass is 454 g/mol. The van der Waals surface area contributed by atoms with Crippen molar-refractivity contribution in [1.29, 1.82) is 0 Å². The van der Waals surface area contributed by atoms with E-state index in [1.165, 1.54) is 21.3 Å². The van der Waals surface area contributed by atoms with Crippen molar-refractivity contribution in [3.8, 4) is 17.2 Å². The lowest BCUT2D eigenvalue weighted by Gasteiger charge is -2.14. The topological polar surface area (TPSA) is 149 Å². The molecule has 3 rings (SSSR count). The van der Waals surface area contributed by atoms with E-state index < -0.39 is 17.9 Å². The number of amides is 2. The predicted molar refractivity (Wildman–Crippen MR) is 125 cm³/mol. The van der Waals surface area contributed by atoms with E-state index >= 15 is 0 Å². The Morgan fingerprint density at radius 3 is 2.39 bits per heavy atom. The third-order valence-corrected chi connectivity index (χ3v) is 4.78. The van der Waals surface area contributed by atoms with Crippen molar-refractivity contribution < 1.29 is 23.8 Å². The van der Waals surface area contributed by atoms with Gasteiger partial charge in [-0.3, -0.25) is 14.9 Å². The highest BCUT2D eigenvalue weighted by atomic mass is 16.5. The molecule has 0 fully saturated rings. The SMILES string of the molecule is COc1cc(NC(=O)CC2N=C(/N=C(\N)Nc3ccccc3C)NC2=O)cc(OC)c1OC. The quantitative estimate of drug-likeness (QED) is 0.367. The summed E-state index contributed by atoms with van der Waals surface area (Å²) in [6.45, 7) is 1.92. The van der Waals surface area contributed by atoms with Crippen LogP contribution in [-0.4, -0.2) is 51.1 Å². The molecule has 0 saturated heterocycles. The number of nitrogens with two attached hydrogens (primary N) is 1. The van der Waals surface area contributed by atoms with Crippen LogP contribution in [0, 0.1) is 6.92 Å². The van der Waals surface area contributed by atoms with Gasteiger partial charge in [0.05, 0.1) is 27.8 Å². The van der Waals surface area contributed by atoms with E-state index in [2.05, 4.69) is 25.9 Å². The van der Waals surface area contributed by atoms with Gasteiger partial charge < -0.3 is 30.6 Å². The van der Waals surface area contributed by atoms with Crippen LogP contribution in [0.1, 0.15) is 12.0 Å². The van der Waals surface area contributed by atoms with Gasteiger partial charge in [0.2, 0.25) is 23.6 Å². The number of guanidine groups is 2. The van der Waals surface area contributed by atoms with Crippen LogP contribution in [0.4, 0.5) is 11.4 Å². The van der Waals surface area contributed by atoms with Gasteiger partial charge >= 0.3 is 0 Å². The van der Waals surface area contributed by atoms with Crippen molar-refractivity contribution in [2.45, 2.75) is 19.4 Å². The van der Waals surface area contributed by atoms with Gasteiger partial charge in [0, 0.05) is 23.5 Å². The first-order valence-electron chi connectivity index (χ1n) is 10.00. The van der Waals surface area contributed by atoms with Crippen molar-refractivity contribution in [3.63, 3.8) is 0 Å². The summed E-state index contributed by atoms with van der Waals surface area (Å²) in [5.41, 5.74) is 8.10. The summed E-state index contributed by atoms with van der Waals surface area (Å²) in [5.74, 6) is 0.392. The summed E-state index contributed by atoms with van der Waals surface area (Å²) in [7, 11) is 4.43. The smallest absolute Gasteiger partial charge is 0.252 e. The van der Waals surface area contributed by atoms with Crippen LogP contribution >= 0.6 is 0 Å². The molecule has 0 aromatic heterocycles. The Morgan fingerprint density at radius 1 is 1.12 bits per heavy atom. The molecule has 33 heavy (non-hydrogen) atoms. The Labute approximate surface area is 191 Å². The summed E-state index contributed by atoms with van der Waals surface area (Å²) in [6.07, 6.45) is -0.188. The first-order chi connectivity index (χ1) is 15.8. The second-order valence-corrected chi connectivity index (χ2v) is 7.06. The Bertz CT molecular complexity index is 1090. The number of para-hydroxylation sites is 1. The maximum absolute atomic E-state index is 12.5. The molecule has 1 unspecified atom stereocenters. The lowest BCUT2D eigenvalue weighted by molar-refractivity contribution is -0.123. The molecule has 0 spiro atoms. The summed E-state index contributed by atoms with van der Waals surface area (Å²) < 4.78 is 15.8. The molecule has 0 aliphatic carbocycles. The number of rotatable bonds is 7. The third kappa shape index (κ3) is 5.70. The molecule has 5 N–H and O–H groups in total. The lowest BCUT2D eigenvalue weighted by Crippen LogP contribution is -2.32. The minimum absolute atomic E-state index is 0.0316. The van der Waals surface area contributed by atoms with E-state index in [1.54, 1.807) is 12.1 Å². The van der Waals surface area contributed by atoms with Gasteiger partial charge in [-0.2, -0.15) is 4.99 Å². The third-order valence-electron chi connectivity index (χ3n) is 4.78. The molecule has 2 aromatic rings. The zero-order chi connectivity index (χ0) is 24.0. The molecule has 0 radical (unpaired) electrons. The van der Waals surface area contributed by atoms with Crippen molar-refractivity contribution in [2.75, 3.05) is 32.0 Å². The molecule has 1 aliphatic heterocycles. The van der Waals surface area contributed by atoms with Gasteiger partial charge in [-0.25, -0.2) is 4.99 Å². The van der Waals surface area contributed by atoms with Crippen LogP contribution in [0.2, 0.25) is 0 Å². The highest BCUT2D eigenvalue weighted by Gasteiger charge is 2.29. The lowest BCUT2D eigenvalue weighted by atomic mass is 10.2. The minimum Gasteiger partial charge on any atom is -0.493 e. The fourth-order valence-electron chi connectivity index (χ4n) is 3.16. The maximum atomic E-state index is 12.5. The van der Waals surface area contributed by atoms with Crippen molar-refractivity contribution in [2.24, 2.45) is 15.7 Å². The van der Waals surface area contributed by atoms with E-state index in [0.29, 0.717) is 22.9 Å². The highest BCUT2D eigenvalue weighted by Crippen LogP contribution is 2.39. The first kappa shape index (κ1) is 23.4. The number of benzene rings is 2. The molecule has 1 heterocycles. The minimum atomic E-state index is -0.933. The van der Waals surface area contributed by atoms with Crippen molar-refractivity contribution in [1.82, 2.24) is 5.32 Å². The summed E-state index contributed by atoms with van der Waals surface area (Å²) in [6, 6.07) is 9.78. The molecule has 2 aromatic carbocycles. The van der Waals surface area contributed by atoms with Crippen LogP contribution in [0.25, 0.3) is 0 Å². The van der Waals surface area contributed by atoms with E-state index in [-0.39, 0.29) is 18.3 Å². The van der Waals surface area contributed by atoms with Crippen LogP contribution in [-0.2, 0) is 9.59 Å². The van der Waals surface area contributed by atoms with Gasteiger partial charge in [-0.15, -0.1) is 0 Å². The van der Waals surface area contributed by atoms with Gasteiger partial charge in [0.1, 0.15) is 6.04 Å². The largest absolute Gasteiger partial charge is 0.493 e. The Balaban J connectivity index is 1.66. The number of hydrogen-bond acceptors (Lipinski definition) is 7. The number of ether oxygens (including phenoxy) is 3. The second-order valence-electron chi connectivity index (χ2n) is 7.06. The number of aliphatic imine (C=N–C) groups is 2. The number of aryl methyl sites for hydroxylation is 1. The number of carbonyl (C=O) groups excluding carboxylic acids is 2. The molecule has 2 amide bonds. The predicted octanol–water partition coefficient (Wildman–Crippen LogP) is 1.63. The molecule has 11 heteroatoms. The Kier molecular flexibility index (Phi) is 7.34. The van der Waals surface area contributed by atoms with Crippen molar-refractivity contribution in [3.05, 3.63) is 42.0 Å². The number of methoxy groups -OCH3 is 3. The Morgan fingerprint density at radius 2 is 1.79 bits per heavy atom. The number of nitrogens with one attached hydrogen (secondary N) is 3. The van der Waals surface area contributed by atoms with Crippen LogP contribution < -0.4 is 35.9 Å². The molecule has 174 valence electrons. The molecular weight excluding hydrogens is 428 g/mol. The first-order valence-corrected chi connectivity index (χ1v) is 10.00. The molecular formula is C22H26N6O5. The molecule has 0 saturated carbocycles. The highest BCUT2D eigenvalue weighted by molar-refractivity contribution is 6.11. The number of hydrogen-bond donors (Lipinski definition) is 4. The zero-order valence-electron chi connectivity index (χ0n) is 18.8. The average molecular weight is 454 g/mol. The summed E-state index contributed by atoms with van der Waals surface area (Å²) in [5, 5.41) is 8.18. The Hall–Kier alpha value is -4.28. The van der Waals surface area contributed by atoms with Gasteiger partial charge in [-0.1, -0.05) is 18.2 Å². The zero-order valence-corrected chi connectivity index (χ0v) is 18.8. The molecule has 1 atom stereocenters. The van der Waals surface area contributed by atoms with Crippen LogP contribution in [0.3, 0.4) is 0 Å². The molecule has 1 aliphatic rings. The second kappa shape index (κ2) is 10.4.